The number of nitrogens with zero attached hydrogens (tertiary/aromatic N) is 1. The summed E-state index contributed by atoms with van der Waals surface area (Å²) in [4.78, 5) is 2.32. The van der Waals surface area contributed by atoms with Crippen molar-refractivity contribution in [1.29, 1.82) is 0 Å². The normalized spacial score (nSPS) is 14.8. The lowest BCUT2D eigenvalue weighted by molar-refractivity contribution is 0.162. The highest BCUT2D eigenvalue weighted by Gasteiger charge is 2.19. The summed E-state index contributed by atoms with van der Waals surface area (Å²) < 4.78 is 0. The lowest BCUT2D eigenvalue weighted by Gasteiger charge is -2.34. The summed E-state index contributed by atoms with van der Waals surface area (Å²) >= 11 is 0. The van der Waals surface area contributed by atoms with Gasteiger partial charge in [-0.15, -0.1) is 0 Å². The molecule has 3 rings (SSSR count). The molecule has 2 heteroatoms. The summed E-state index contributed by atoms with van der Waals surface area (Å²) in [5.74, 6) is 6.83. The molecule has 0 aliphatic carbocycles. The average molecular weight is 317 g/mol. The van der Waals surface area contributed by atoms with Gasteiger partial charge >= 0.3 is 0 Å². The summed E-state index contributed by atoms with van der Waals surface area (Å²) in [5, 5.41) is 9.24. The van der Waals surface area contributed by atoms with Gasteiger partial charge in [0.05, 0.1) is 0 Å². The second-order valence-corrected chi connectivity index (χ2v) is 6.25. The Balaban J connectivity index is 1.64. The minimum Gasteiger partial charge on any atom is -0.396 e. The largest absolute Gasteiger partial charge is 0.396 e. The van der Waals surface area contributed by atoms with Crippen LogP contribution in [0.1, 0.15) is 29.5 Å². The monoisotopic (exact) mass is 317 g/mol. The molecule has 0 unspecified atom stereocenters. The van der Waals surface area contributed by atoms with E-state index >= 15 is 0 Å². The van der Waals surface area contributed by atoms with E-state index in [1.165, 1.54) is 0 Å². The third kappa shape index (κ3) is 4.07. The van der Waals surface area contributed by atoms with Crippen LogP contribution in [0.3, 0.4) is 0 Å². The Morgan fingerprint density at radius 3 is 2.12 bits per heavy atom. The number of hydrogen-bond donors (Lipinski definition) is 1. The van der Waals surface area contributed by atoms with E-state index in [0.717, 1.165) is 48.3 Å². The number of aliphatic hydroxyl groups excluding tert-OH is 1. The SMILES string of the molecule is C=C(c1ccc(C#Cc2ccccc2)cc1)N1CCC(CO)CC1. The van der Waals surface area contributed by atoms with Gasteiger partial charge in [0.2, 0.25) is 0 Å². The molecule has 0 bridgehead atoms. The number of rotatable bonds is 3. The lowest BCUT2D eigenvalue weighted by Crippen LogP contribution is -2.33. The van der Waals surface area contributed by atoms with Crippen molar-refractivity contribution in [3.8, 4) is 11.8 Å². The van der Waals surface area contributed by atoms with E-state index < -0.39 is 0 Å². The molecule has 0 saturated carbocycles. The van der Waals surface area contributed by atoms with Crippen molar-refractivity contribution in [2.24, 2.45) is 5.92 Å². The van der Waals surface area contributed by atoms with Gasteiger partial charge in [-0.3, -0.25) is 0 Å². The first-order valence-corrected chi connectivity index (χ1v) is 8.48. The summed E-state index contributed by atoms with van der Waals surface area (Å²) in [6.45, 7) is 6.49. The Morgan fingerprint density at radius 1 is 0.958 bits per heavy atom. The van der Waals surface area contributed by atoms with E-state index in [4.69, 9.17) is 0 Å². The fourth-order valence-corrected chi connectivity index (χ4v) is 2.98. The summed E-state index contributed by atoms with van der Waals surface area (Å²) in [6.07, 6.45) is 2.08. The molecule has 1 saturated heterocycles. The van der Waals surface area contributed by atoms with E-state index in [9.17, 15) is 5.11 Å². The van der Waals surface area contributed by atoms with Crippen molar-refractivity contribution in [2.75, 3.05) is 19.7 Å². The summed E-state index contributed by atoms with van der Waals surface area (Å²) in [6, 6.07) is 18.3. The van der Waals surface area contributed by atoms with Crippen molar-refractivity contribution in [2.45, 2.75) is 12.8 Å². The Kier molecular flexibility index (Phi) is 5.36. The number of likely N-dealkylation sites (tertiary alicyclic amines) is 1. The molecule has 1 N–H and O–H groups in total. The molecule has 1 heterocycles. The van der Waals surface area contributed by atoms with Gasteiger partial charge in [0.25, 0.3) is 0 Å². The van der Waals surface area contributed by atoms with Crippen LogP contribution in [0.2, 0.25) is 0 Å². The highest BCUT2D eigenvalue weighted by molar-refractivity contribution is 5.63. The van der Waals surface area contributed by atoms with Crippen LogP contribution in [-0.2, 0) is 0 Å². The molecule has 0 radical (unpaired) electrons. The van der Waals surface area contributed by atoms with E-state index in [2.05, 4.69) is 47.6 Å². The number of benzene rings is 2. The second-order valence-electron chi connectivity index (χ2n) is 6.25. The number of hydrogen-bond acceptors (Lipinski definition) is 2. The molecule has 2 aromatic rings. The van der Waals surface area contributed by atoms with Crippen LogP contribution in [0.25, 0.3) is 5.70 Å². The summed E-state index contributed by atoms with van der Waals surface area (Å²) in [7, 11) is 0. The fourth-order valence-electron chi connectivity index (χ4n) is 2.98. The first-order chi connectivity index (χ1) is 11.8. The molecule has 2 nitrogen and oxygen atoms in total. The van der Waals surface area contributed by atoms with Gasteiger partial charge in [-0.2, -0.15) is 0 Å². The zero-order valence-corrected chi connectivity index (χ0v) is 13.9. The topological polar surface area (TPSA) is 23.5 Å². The zero-order chi connectivity index (χ0) is 16.8. The first kappa shape index (κ1) is 16.4. The van der Waals surface area contributed by atoms with Crippen LogP contribution >= 0.6 is 0 Å². The van der Waals surface area contributed by atoms with Crippen molar-refractivity contribution >= 4 is 5.70 Å². The van der Waals surface area contributed by atoms with Gasteiger partial charge in [-0.05, 0) is 48.6 Å². The maximum atomic E-state index is 9.24. The minimum absolute atomic E-state index is 0.301. The van der Waals surface area contributed by atoms with Crippen molar-refractivity contribution in [3.05, 3.63) is 77.9 Å². The van der Waals surface area contributed by atoms with Crippen LogP contribution in [0.5, 0.6) is 0 Å². The van der Waals surface area contributed by atoms with Crippen molar-refractivity contribution in [3.63, 3.8) is 0 Å². The molecule has 0 atom stereocenters. The Labute approximate surface area is 144 Å². The van der Waals surface area contributed by atoms with E-state index in [-0.39, 0.29) is 0 Å². The van der Waals surface area contributed by atoms with Gasteiger partial charge in [-0.1, -0.05) is 48.8 Å². The molecule has 1 aliphatic rings. The number of aliphatic hydroxyl groups is 1. The predicted molar refractivity (Wildman–Crippen MR) is 99.3 cm³/mol. The minimum atomic E-state index is 0.301. The second kappa shape index (κ2) is 7.86. The highest BCUT2D eigenvalue weighted by atomic mass is 16.3. The van der Waals surface area contributed by atoms with Crippen molar-refractivity contribution in [1.82, 2.24) is 4.90 Å². The smallest absolute Gasteiger partial charge is 0.0460 e. The van der Waals surface area contributed by atoms with E-state index in [1.54, 1.807) is 0 Å². The third-order valence-corrected chi connectivity index (χ3v) is 4.60. The Morgan fingerprint density at radius 2 is 1.54 bits per heavy atom. The standard InChI is InChI=1S/C22H23NO/c1-18(23-15-13-21(17-24)14-16-23)22-11-9-20(10-12-22)8-7-19-5-3-2-4-6-19/h2-6,9-12,21,24H,1,13-17H2. The average Bonchev–Trinajstić information content (AvgIpc) is 2.67. The van der Waals surface area contributed by atoms with Gasteiger partial charge < -0.3 is 10.0 Å². The Bertz CT molecular complexity index is 729. The molecular formula is C22H23NO. The van der Waals surface area contributed by atoms with Crippen LogP contribution in [0.15, 0.2) is 61.2 Å². The highest BCUT2D eigenvalue weighted by Crippen LogP contribution is 2.24. The molecule has 1 fully saturated rings. The van der Waals surface area contributed by atoms with Crippen LogP contribution in [-0.4, -0.2) is 29.7 Å². The summed E-state index contributed by atoms with van der Waals surface area (Å²) in [5.41, 5.74) is 4.24. The quantitative estimate of drug-likeness (QED) is 0.871. The molecule has 122 valence electrons. The molecule has 0 spiro atoms. The maximum absolute atomic E-state index is 9.24. The molecule has 24 heavy (non-hydrogen) atoms. The number of piperidine rings is 1. The van der Waals surface area contributed by atoms with Gasteiger partial charge in [-0.25, -0.2) is 0 Å². The zero-order valence-electron chi connectivity index (χ0n) is 13.9. The van der Waals surface area contributed by atoms with Crippen LogP contribution < -0.4 is 0 Å². The van der Waals surface area contributed by atoms with Gasteiger partial charge in [0.1, 0.15) is 0 Å². The van der Waals surface area contributed by atoms with E-state index in [0.29, 0.717) is 12.5 Å². The van der Waals surface area contributed by atoms with Crippen LogP contribution in [0.4, 0.5) is 0 Å². The Hall–Kier alpha value is -2.50. The van der Waals surface area contributed by atoms with E-state index in [1.807, 2.05) is 30.3 Å². The predicted octanol–water partition coefficient (Wildman–Crippen LogP) is 3.76. The van der Waals surface area contributed by atoms with Crippen molar-refractivity contribution < 1.29 is 5.11 Å². The molecule has 0 aromatic heterocycles. The van der Waals surface area contributed by atoms with Crippen LogP contribution in [0, 0.1) is 17.8 Å². The molecular weight excluding hydrogens is 294 g/mol. The molecule has 1 aliphatic heterocycles. The third-order valence-electron chi connectivity index (χ3n) is 4.60. The first-order valence-electron chi connectivity index (χ1n) is 8.48. The van der Waals surface area contributed by atoms with Gasteiger partial charge in [0.15, 0.2) is 0 Å². The molecule has 2 aromatic carbocycles. The maximum Gasteiger partial charge on any atom is 0.0460 e. The fraction of sp³-hybridized carbons (Fsp3) is 0.273. The molecule has 0 amide bonds. The van der Waals surface area contributed by atoms with Gasteiger partial charge in [0, 0.05) is 36.5 Å². The lowest BCUT2D eigenvalue weighted by atomic mass is 9.96.